The van der Waals surface area contributed by atoms with Gasteiger partial charge in [-0.1, -0.05) is 30.7 Å². The van der Waals surface area contributed by atoms with Crippen molar-refractivity contribution in [2.75, 3.05) is 4.72 Å². The molecule has 1 N–H and O–H groups in total. The molecule has 6 nitrogen and oxygen atoms in total. The molecule has 0 aliphatic rings. The second-order valence-corrected chi connectivity index (χ2v) is 6.62. The Hall–Kier alpha value is -2.12. The Morgan fingerprint density at radius 1 is 1.23 bits per heavy atom. The Balaban J connectivity index is 2.38. The number of sulfonamides is 1. The third-order valence-corrected chi connectivity index (χ3v) is 4.71. The summed E-state index contributed by atoms with van der Waals surface area (Å²) in [7, 11) is -3.92. The Bertz CT molecular complexity index is 821. The van der Waals surface area contributed by atoms with E-state index in [0.717, 1.165) is 18.1 Å². The van der Waals surface area contributed by atoms with E-state index in [1.165, 1.54) is 12.1 Å². The van der Waals surface area contributed by atoms with E-state index in [-0.39, 0.29) is 9.92 Å². The zero-order valence-electron chi connectivity index (χ0n) is 11.6. The van der Waals surface area contributed by atoms with Gasteiger partial charge < -0.3 is 0 Å². The van der Waals surface area contributed by atoms with Crippen molar-refractivity contribution in [3.05, 3.63) is 63.2 Å². The molecule has 0 aliphatic carbocycles. The molecular weight excluding hydrogens is 328 g/mol. The first kappa shape index (κ1) is 16.3. The second kappa shape index (κ2) is 6.33. The Kier molecular flexibility index (Phi) is 4.68. The van der Waals surface area contributed by atoms with Crippen LogP contribution in [0.15, 0.2) is 47.4 Å². The smallest absolute Gasteiger partial charge is 0.280 e. The van der Waals surface area contributed by atoms with E-state index in [4.69, 9.17) is 11.6 Å². The van der Waals surface area contributed by atoms with Gasteiger partial charge in [0.1, 0.15) is 5.02 Å². The number of nitrogens with one attached hydrogen (secondary N) is 1. The third kappa shape index (κ3) is 3.55. The zero-order chi connectivity index (χ0) is 16.3. The van der Waals surface area contributed by atoms with E-state index >= 15 is 0 Å². The van der Waals surface area contributed by atoms with E-state index in [9.17, 15) is 18.5 Å². The minimum atomic E-state index is -3.92. The highest BCUT2D eigenvalue weighted by atomic mass is 35.5. The highest BCUT2D eigenvalue weighted by Crippen LogP contribution is 2.28. The molecule has 0 saturated heterocycles. The predicted molar refractivity (Wildman–Crippen MR) is 84.7 cm³/mol. The number of nitrogens with zero attached hydrogens (tertiary/aromatic N) is 1. The van der Waals surface area contributed by atoms with Crippen molar-refractivity contribution in [3.8, 4) is 0 Å². The number of nitro groups is 1. The number of benzene rings is 2. The highest BCUT2D eigenvalue weighted by Gasteiger charge is 2.20. The molecule has 2 aromatic rings. The van der Waals surface area contributed by atoms with Gasteiger partial charge in [-0.15, -0.1) is 0 Å². The molecular formula is C14H13ClN2O4S. The maximum absolute atomic E-state index is 12.3. The minimum Gasteiger partial charge on any atom is -0.280 e. The number of rotatable bonds is 5. The average Bonchev–Trinajstić information content (AvgIpc) is 2.46. The lowest BCUT2D eigenvalue weighted by molar-refractivity contribution is -0.384. The quantitative estimate of drug-likeness (QED) is 0.665. The number of nitro benzene ring substituents is 1. The van der Waals surface area contributed by atoms with E-state index in [0.29, 0.717) is 5.69 Å². The van der Waals surface area contributed by atoms with Crippen molar-refractivity contribution in [2.24, 2.45) is 0 Å². The molecule has 0 heterocycles. The molecule has 0 spiro atoms. The molecule has 2 aromatic carbocycles. The molecule has 2 rings (SSSR count). The van der Waals surface area contributed by atoms with E-state index in [1.807, 2.05) is 13.0 Å². The van der Waals surface area contributed by atoms with Gasteiger partial charge in [-0.2, -0.15) is 0 Å². The first-order valence-electron chi connectivity index (χ1n) is 6.39. The molecule has 0 fully saturated rings. The molecule has 8 heteroatoms. The topological polar surface area (TPSA) is 89.3 Å². The molecule has 0 aliphatic heterocycles. The van der Waals surface area contributed by atoms with Crippen LogP contribution in [0.3, 0.4) is 0 Å². The maximum atomic E-state index is 12.3. The molecule has 22 heavy (non-hydrogen) atoms. The summed E-state index contributed by atoms with van der Waals surface area (Å²) in [4.78, 5) is 9.91. The maximum Gasteiger partial charge on any atom is 0.289 e. The Labute approximate surface area is 132 Å². The SMILES string of the molecule is CCc1cccc(NS(=O)(=O)c2ccc(Cl)c([N+](=O)[O-])c2)c1. The third-order valence-electron chi connectivity index (χ3n) is 3.01. The lowest BCUT2D eigenvalue weighted by atomic mass is 10.1. The Morgan fingerprint density at radius 2 is 1.95 bits per heavy atom. The fourth-order valence-corrected chi connectivity index (χ4v) is 3.12. The van der Waals surface area contributed by atoms with Gasteiger partial charge in [0.05, 0.1) is 9.82 Å². The van der Waals surface area contributed by atoms with Crippen molar-refractivity contribution < 1.29 is 13.3 Å². The number of hydrogen-bond donors (Lipinski definition) is 1. The predicted octanol–water partition coefficient (Wildman–Crippen LogP) is 3.61. The summed E-state index contributed by atoms with van der Waals surface area (Å²) < 4.78 is 27.0. The van der Waals surface area contributed by atoms with Crippen LogP contribution in [0.2, 0.25) is 5.02 Å². The summed E-state index contributed by atoms with van der Waals surface area (Å²) in [6.07, 6.45) is 0.766. The fraction of sp³-hybridized carbons (Fsp3) is 0.143. The van der Waals surface area contributed by atoms with Gasteiger partial charge in [-0.05, 0) is 36.2 Å². The summed E-state index contributed by atoms with van der Waals surface area (Å²) >= 11 is 5.68. The van der Waals surface area contributed by atoms with E-state index in [1.54, 1.807) is 18.2 Å². The van der Waals surface area contributed by atoms with Crippen LogP contribution < -0.4 is 4.72 Å². The fourth-order valence-electron chi connectivity index (χ4n) is 1.87. The first-order chi connectivity index (χ1) is 10.3. The van der Waals surface area contributed by atoms with Crippen molar-refractivity contribution in [2.45, 2.75) is 18.2 Å². The van der Waals surface area contributed by atoms with Gasteiger partial charge in [-0.3, -0.25) is 14.8 Å². The summed E-state index contributed by atoms with van der Waals surface area (Å²) in [5.74, 6) is 0. The lowest BCUT2D eigenvalue weighted by Crippen LogP contribution is -2.13. The summed E-state index contributed by atoms with van der Waals surface area (Å²) in [5.41, 5.74) is 0.922. The number of aryl methyl sites for hydroxylation is 1. The Morgan fingerprint density at radius 3 is 2.59 bits per heavy atom. The monoisotopic (exact) mass is 340 g/mol. The standard InChI is InChI=1S/C14H13ClN2O4S/c1-2-10-4-3-5-11(8-10)16-22(20,21)12-6-7-13(15)14(9-12)17(18)19/h3-9,16H,2H2,1H3. The van der Waals surface area contributed by atoms with Gasteiger partial charge in [0.25, 0.3) is 15.7 Å². The van der Waals surface area contributed by atoms with Crippen LogP contribution in [0.25, 0.3) is 0 Å². The summed E-state index contributed by atoms with van der Waals surface area (Å²) in [5, 5.41) is 10.7. The van der Waals surface area contributed by atoms with Crippen molar-refractivity contribution in [1.29, 1.82) is 0 Å². The number of halogens is 1. The van der Waals surface area contributed by atoms with Crippen LogP contribution >= 0.6 is 11.6 Å². The summed E-state index contributed by atoms with van der Waals surface area (Å²) in [6, 6.07) is 10.3. The van der Waals surface area contributed by atoms with Crippen LogP contribution in [0, 0.1) is 10.1 Å². The zero-order valence-corrected chi connectivity index (χ0v) is 13.2. The number of anilines is 1. The van der Waals surface area contributed by atoms with E-state index < -0.39 is 20.6 Å². The lowest BCUT2D eigenvalue weighted by Gasteiger charge is -2.09. The first-order valence-corrected chi connectivity index (χ1v) is 8.25. The number of hydrogen-bond acceptors (Lipinski definition) is 4. The minimum absolute atomic E-state index is 0.114. The van der Waals surface area contributed by atoms with Crippen molar-refractivity contribution in [1.82, 2.24) is 0 Å². The summed E-state index contributed by atoms with van der Waals surface area (Å²) in [6.45, 7) is 1.95. The largest absolute Gasteiger partial charge is 0.289 e. The van der Waals surface area contributed by atoms with Crippen LogP contribution in [0.4, 0.5) is 11.4 Å². The van der Waals surface area contributed by atoms with Crippen LogP contribution in [-0.2, 0) is 16.4 Å². The van der Waals surface area contributed by atoms with Gasteiger partial charge in [0.2, 0.25) is 0 Å². The molecule has 0 aromatic heterocycles. The highest BCUT2D eigenvalue weighted by molar-refractivity contribution is 7.92. The van der Waals surface area contributed by atoms with Crippen LogP contribution in [0.1, 0.15) is 12.5 Å². The molecule has 0 saturated carbocycles. The van der Waals surface area contributed by atoms with Crippen molar-refractivity contribution >= 4 is 33.0 Å². The van der Waals surface area contributed by atoms with Crippen LogP contribution in [0.5, 0.6) is 0 Å². The van der Waals surface area contributed by atoms with E-state index in [2.05, 4.69) is 4.72 Å². The van der Waals surface area contributed by atoms with Crippen LogP contribution in [-0.4, -0.2) is 13.3 Å². The van der Waals surface area contributed by atoms with Gasteiger partial charge >= 0.3 is 0 Å². The molecule has 0 unspecified atom stereocenters. The molecule has 0 atom stereocenters. The molecule has 0 radical (unpaired) electrons. The van der Waals surface area contributed by atoms with Gasteiger partial charge in [0.15, 0.2) is 0 Å². The molecule has 116 valence electrons. The second-order valence-electron chi connectivity index (χ2n) is 4.53. The van der Waals surface area contributed by atoms with Gasteiger partial charge in [-0.25, -0.2) is 8.42 Å². The molecule has 0 bridgehead atoms. The average molecular weight is 341 g/mol. The van der Waals surface area contributed by atoms with Crippen molar-refractivity contribution in [3.63, 3.8) is 0 Å². The normalized spacial score (nSPS) is 11.2. The molecule has 0 amide bonds. The van der Waals surface area contributed by atoms with Gasteiger partial charge in [0, 0.05) is 11.8 Å².